The Bertz CT molecular complexity index is 3250. The number of rotatable bonds is 9. The van der Waals surface area contributed by atoms with Gasteiger partial charge in [0.25, 0.3) is 0 Å². The molecule has 0 N–H and O–H groups in total. The molecule has 0 aliphatic heterocycles. The quantitative estimate of drug-likeness (QED) is 0.137. The van der Waals surface area contributed by atoms with E-state index in [1.54, 1.807) is 6.20 Å². The fraction of sp³-hybridized carbons (Fsp3) is 0. The largest absolute Gasteiger partial charge is 0.439 e. The van der Waals surface area contributed by atoms with Gasteiger partial charge in [-0.3, -0.25) is 4.40 Å². The lowest BCUT2D eigenvalue weighted by molar-refractivity contribution is 0.463. The summed E-state index contributed by atoms with van der Waals surface area (Å²) in [5.74, 6) is 1.24. The van der Waals surface area contributed by atoms with E-state index < -0.39 is 0 Å². The molecular weight excluding hydrogens is 745 g/mol. The van der Waals surface area contributed by atoms with Crippen LogP contribution in [0.2, 0.25) is 0 Å². The number of nitrogens with zero attached hydrogens (tertiary/aromatic N) is 4. The molecule has 288 valence electrons. The van der Waals surface area contributed by atoms with E-state index in [1.165, 1.54) is 5.56 Å². The lowest BCUT2D eigenvalue weighted by Crippen LogP contribution is -2.10. The zero-order chi connectivity index (χ0) is 40.5. The van der Waals surface area contributed by atoms with Crippen molar-refractivity contribution in [3.63, 3.8) is 0 Å². The molecule has 61 heavy (non-hydrogen) atoms. The molecule has 5 nitrogen and oxygen atoms in total. The highest BCUT2D eigenvalue weighted by atomic mass is 16.5. The molecule has 3 aromatic heterocycles. The molecule has 0 atom stereocenters. The highest BCUT2D eigenvalue weighted by Crippen LogP contribution is 2.46. The maximum Gasteiger partial charge on any atom is 0.219 e. The Morgan fingerprint density at radius 1 is 0.410 bits per heavy atom. The Morgan fingerprint density at radius 3 is 1.70 bits per heavy atom. The second-order valence-electron chi connectivity index (χ2n) is 15.0. The third-order valence-corrected chi connectivity index (χ3v) is 11.3. The smallest absolute Gasteiger partial charge is 0.219 e. The molecule has 0 amide bonds. The first-order chi connectivity index (χ1) is 30.3. The minimum Gasteiger partial charge on any atom is -0.439 e. The van der Waals surface area contributed by atoms with Gasteiger partial charge in [0.15, 0.2) is 0 Å². The van der Waals surface area contributed by atoms with Gasteiger partial charge in [-0.15, -0.1) is 0 Å². The minimum absolute atomic E-state index is 0.543. The molecule has 11 aromatic rings. The van der Waals surface area contributed by atoms with E-state index in [2.05, 4.69) is 202 Å². The number of aromatic nitrogens is 3. The molecule has 0 bridgehead atoms. The Morgan fingerprint density at radius 2 is 1.02 bits per heavy atom. The topological polar surface area (TPSA) is 42.7 Å². The van der Waals surface area contributed by atoms with Crippen molar-refractivity contribution in [1.29, 1.82) is 0 Å². The van der Waals surface area contributed by atoms with Crippen LogP contribution in [0, 0.1) is 0 Å². The van der Waals surface area contributed by atoms with Gasteiger partial charge in [0.2, 0.25) is 5.88 Å². The van der Waals surface area contributed by atoms with Crippen molar-refractivity contribution in [1.82, 2.24) is 14.4 Å². The van der Waals surface area contributed by atoms with E-state index in [9.17, 15) is 0 Å². The summed E-state index contributed by atoms with van der Waals surface area (Å²) >= 11 is 0. The van der Waals surface area contributed by atoms with Crippen molar-refractivity contribution in [2.75, 3.05) is 4.90 Å². The van der Waals surface area contributed by atoms with Crippen LogP contribution in [-0.4, -0.2) is 14.4 Å². The predicted molar refractivity (Wildman–Crippen MR) is 251 cm³/mol. The molecule has 11 rings (SSSR count). The first-order valence-electron chi connectivity index (χ1n) is 20.5. The third kappa shape index (κ3) is 6.64. The maximum atomic E-state index is 6.23. The lowest BCUT2D eigenvalue weighted by Gasteiger charge is -2.26. The van der Waals surface area contributed by atoms with Crippen molar-refractivity contribution in [2.24, 2.45) is 0 Å². The number of pyridine rings is 2. The summed E-state index contributed by atoms with van der Waals surface area (Å²) in [6.45, 7) is 0. The Balaban J connectivity index is 1.17. The van der Waals surface area contributed by atoms with Gasteiger partial charge in [0.1, 0.15) is 11.4 Å². The summed E-state index contributed by atoms with van der Waals surface area (Å²) < 4.78 is 8.59. The van der Waals surface area contributed by atoms with Crippen LogP contribution in [-0.2, 0) is 0 Å². The van der Waals surface area contributed by atoms with E-state index in [-0.39, 0.29) is 0 Å². The fourth-order valence-corrected chi connectivity index (χ4v) is 8.59. The summed E-state index contributed by atoms with van der Waals surface area (Å²) in [5.41, 5.74) is 14.0. The number of hydrogen-bond acceptors (Lipinski definition) is 4. The Labute approximate surface area is 354 Å². The summed E-state index contributed by atoms with van der Waals surface area (Å²) in [6.07, 6.45) is 3.80. The van der Waals surface area contributed by atoms with E-state index in [0.29, 0.717) is 11.6 Å². The first-order valence-corrected chi connectivity index (χ1v) is 20.5. The normalized spacial score (nSPS) is 11.3. The average molecular weight is 783 g/mol. The molecule has 0 saturated carbocycles. The molecule has 0 saturated heterocycles. The SMILES string of the molecule is c1ccc(-c2cc(-c3ccccc3)c(-c3cnc4c5cc(N(c6ccccc6)c6cccc(Oc7ccccn7)c6)ccc5c5ccccc5n34)c(-c3ccccc3)c2)cc1. The highest BCUT2D eigenvalue weighted by Gasteiger charge is 2.23. The van der Waals surface area contributed by atoms with Gasteiger partial charge in [0, 0.05) is 51.7 Å². The van der Waals surface area contributed by atoms with Gasteiger partial charge >= 0.3 is 0 Å². The van der Waals surface area contributed by atoms with Crippen LogP contribution in [0.25, 0.3) is 72.0 Å². The van der Waals surface area contributed by atoms with Crippen LogP contribution < -0.4 is 9.64 Å². The number of benzene rings is 8. The van der Waals surface area contributed by atoms with Gasteiger partial charge in [-0.05, 0) is 99.4 Å². The second kappa shape index (κ2) is 15.5. The summed E-state index contributed by atoms with van der Waals surface area (Å²) in [6, 6.07) is 76.5. The summed E-state index contributed by atoms with van der Waals surface area (Å²) in [4.78, 5) is 12.0. The summed E-state index contributed by atoms with van der Waals surface area (Å²) in [7, 11) is 0. The zero-order valence-electron chi connectivity index (χ0n) is 33.1. The van der Waals surface area contributed by atoms with E-state index in [4.69, 9.17) is 9.72 Å². The molecule has 0 aliphatic rings. The Kier molecular flexibility index (Phi) is 9.10. The van der Waals surface area contributed by atoms with Crippen molar-refractivity contribution < 1.29 is 4.74 Å². The number of ether oxygens (including phenoxy) is 1. The van der Waals surface area contributed by atoms with Crippen molar-refractivity contribution in [2.45, 2.75) is 0 Å². The molecule has 0 unspecified atom stereocenters. The van der Waals surface area contributed by atoms with Gasteiger partial charge in [-0.1, -0.05) is 146 Å². The highest BCUT2D eigenvalue weighted by molar-refractivity contribution is 6.14. The zero-order valence-corrected chi connectivity index (χ0v) is 33.1. The molecular formula is C56H38N4O. The van der Waals surface area contributed by atoms with E-state index >= 15 is 0 Å². The fourth-order valence-electron chi connectivity index (χ4n) is 8.59. The molecule has 0 fully saturated rings. The van der Waals surface area contributed by atoms with Gasteiger partial charge < -0.3 is 9.64 Å². The van der Waals surface area contributed by atoms with Gasteiger partial charge in [-0.2, -0.15) is 0 Å². The van der Waals surface area contributed by atoms with Crippen molar-refractivity contribution in [3.8, 4) is 56.3 Å². The number of hydrogen-bond donors (Lipinski definition) is 0. The minimum atomic E-state index is 0.543. The van der Waals surface area contributed by atoms with Crippen molar-refractivity contribution in [3.05, 3.63) is 231 Å². The van der Waals surface area contributed by atoms with Crippen LogP contribution in [0.4, 0.5) is 17.1 Å². The standard InChI is InChI=1S/C56H38N4O/c1-5-18-39(19-6-1)42-34-49(40-20-7-2-8-21-40)55(50(35-42)41-22-9-3-10-23-41)53-38-58-56-51-37-45(31-32-47(51)48-28-13-14-29-52(48)60(53)56)59(43-24-11-4-12-25-43)44-26-17-27-46(36-44)61-54-30-15-16-33-57-54/h1-38H. The van der Waals surface area contributed by atoms with Crippen LogP contribution in [0.3, 0.4) is 0 Å². The third-order valence-electron chi connectivity index (χ3n) is 11.3. The van der Waals surface area contributed by atoms with E-state index in [1.807, 2.05) is 36.4 Å². The van der Waals surface area contributed by atoms with E-state index in [0.717, 1.165) is 83.5 Å². The maximum absolute atomic E-state index is 6.23. The number of fused-ring (bicyclic) bond motifs is 6. The second-order valence-corrected chi connectivity index (χ2v) is 15.0. The number of imidazole rings is 1. The predicted octanol–water partition coefficient (Wildman–Crippen LogP) is 15.0. The molecule has 0 aliphatic carbocycles. The summed E-state index contributed by atoms with van der Waals surface area (Å²) in [5, 5.41) is 3.33. The molecule has 3 heterocycles. The molecule has 0 radical (unpaired) electrons. The number of anilines is 3. The van der Waals surface area contributed by atoms with Crippen LogP contribution >= 0.6 is 0 Å². The molecule has 8 aromatic carbocycles. The van der Waals surface area contributed by atoms with Gasteiger partial charge in [-0.25, -0.2) is 9.97 Å². The molecule has 0 spiro atoms. The average Bonchev–Trinajstić information content (AvgIpc) is 3.78. The lowest BCUT2D eigenvalue weighted by atomic mass is 9.86. The number of para-hydroxylation sites is 2. The van der Waals surface area contributed by atoms with Crippen LogP contribution in [0.15, 0.2) is 231 Å². The van der Waals surface area contributed by atoms with Crippen LogP contribution in [0.5, 0.6) is 11.6 Å². The molecule has 5 heteroatoms. The first kappa shape index (κ1) is 35.8. The monoisotopic (exact) mass is 782 g/mol. The Hall–Kier alpha value is -8.28. The van der Waals surface area contributed by atoms with Crippen LogP contribution in [0.1, 0.15) is 0 Å². The van der Waals surface area contributed by atoms with Gasteiger partial charge in [0.05, 0.1) is 17.4 Å². The van der Waals surface area contributed by atoms with Crippen molar-refractivity contribution >= 4 is 44.4 Å².